The van der Waals surface area contributed by atoms with E-state index in [1.54, 1.807) is 28.9 Å². The maximum atomic E-state index is 14.5. The smallest absolute Gasteiger partial charge is 0.270 e. The Balaban J connectivity index is 1.50. The van der Waals surface area contributed by atoms with E-state index in [2.05, 4.69) is 10.4 Å². The van der Waals surface area contributed by atoms with Crippen molar-refractivity contribution in [1.29, 1.82) is 0 Å². The summed E-state index contributed by atoms with van der Waals surface area (Å²) in [7, 11) is 0. The zero-order chi connectivity index (χ0) is 22.9. The summed E-state index contributed by atoms with van der Waals surface area (Å²) in [6.07, 6.45) is 0. The van der Waals surface area contributed by atoms with Gasteiger partial charge in [0.25, 0.3) is 5.91 Å². The van der Waals surface area contributed by atoms with Gasteiger partial charge in [-0.05, 0) is 66.9 Å². The molecule has 7 heteroatoms. The summed E-state index contributed by atoms with van der Waals surface area (Å²) in [6.45, 7) is 4.42. The number of nitrogens with zero attached hydrogens (tertiary/aromatic N) is 2. The molecule has 0 fully saturated rings. The van der Waals surface area contributed by atoms with Gasteiger partial charge in [0.2, 0.25) is 6.79 Å². The molecule has 1 aromatic heterocycles. The monoisotopic (exact) mass is 443 g/mol. The van der Waals surface area contributed by atoms with Crippen LogP contribution in [0, 0.1) is 19.7 Å². The zero-order valence-electron chi connectivity index (χ0n) is 18.3. The topological polar surface area (TPSA) is 65.4 Å². The standard InChI is InChI=1S/C26H22FN3O3/c1-16-7-8-17(2)22(11-16)30-23(13-21(29-30)19-5-3-4-6-20(19)27)26(31)28-14-18-9-10-24-25(12-18)33-15-32-24/h3-13H,14-15H2,1-2H3,(H,28,31). The summed E-state index contributed by atoms with van der Waals surface area (Å²) in [5.41, 5.74) is 4.68. The number of carbonyl (C=O) groups is 1. The van der Waals surface area contributed by atoms with Gasteiger partial charge < -0.3 is 14.8 Å². The molecule has 0 aliphatic carbocycles. The van der Waals surface area contributed by atoms with Gasteiger partial charge in [-0.15, -0.1) is 0 Å². The Morgan fingerprint density at radius 3 is 2.70 bits per heavy atom. The van der Waals surface area contributed by atoms with Crippen LogP contribution in [0.15, 0.2) is 66.7 Å². The van der Waals surface area contributed by atoms with E-state index in [1.165, 1.54) is 6.07 Å². The van der Waals surface area contributed by atoms with Crippen LogP contribution in [0.25, 0.3) is 16.9 Å². The lowest BCUT2D eigenvalue weighted by atomic mass is 10.1. The van der Waals surface area contributed by atoms with Gasteiger partial charge in [0, 0.05) is 12.1 Å². The minimum absolute atomic E-state index is 0.193. The molecule has 1 amide bonds. The van der Waals surface area contributed by atoms with Gasteiger partial charge in [0.15, 0.2) is 11.5 Å². The first-order valence-corrected chi connectivity index (χ1v) is 10.6. The molecule has 2 heterocycles. The first-order valence-electron chi connectivity index (χ1n) is 10.6. The second-order valence-corrected chi connectivity index (χ2v) is 7.97. The fourth-order valence-corrected chi connectivity index (χ4v) is 3.80. The number of nitrogens with one attached hydrogen (secondary N) is 1. The Kier molecular flexibility index (Phi) is 5.30. The Labute approximate surface area is 190 Å². The molecule has 0 spiro atoms. The molecule has 0 unspecified atom stereocenters. The van der Waals surface area contributed by atoms with Crippen LogP contribution in [0.2, 0.25) is 0 Å². The maximum absolute atomic E-state index is 14.5. The Morgan fingerprint density at radius 2 is 1.85 bits per heavy atom. The van der Waals surface area contributed by atoms with E-state index in [4.69, 9.17) is 9.47 Å². The molecule has 1 aliphatic heterocycles. The molecule has 1 N–H and O–H groups in total. The zero-order valence-corrected chi connectivity index (χ0v) is 18.3. The van der Waals surface area contributed by atoms with E-state index < -0.39 is 5.82 Å². The number of fused-ring (bicyclic) bond motifs is 1. The minimum atomic E-state index is -0.393. The molecule has 3 aromatic carbocycles. The number of hydrogen-bond donors (Lipinski definition) is 1. The van der Waals surface area contributed by atoms with Gasteiger partial charge in [-0.3, -0.25) is 4.79 Å². The Morgan fingerprint density at radius 1 is 1.03 bits per heavy atom. The molecule has 5 rings (SSSR count). The number of aromatic nitrogens is 2. The lowest BCUT2D eigenvalue weighted by Crippen LogP contribution is -2.25. The molecule has 0 atom stereocenters. The normalized spacial score (nSPS) is 12.1. The largest absolute Gasteiger partial charge is 0.454 e. The SMILES string of the molecule is Cc1ccc(C)c(-n2nc(-c3ccccc3F)cc2C(=O)NCc2ccc3c(c2)OCO3)c1. The van der Waals surface area contributed by atoms with Crippen LogP contribution in [-0.2, 0) is 6.54 Å². The maximum Gasteiger partial charge on any atom is 0.270 e. The van der Waals surface area contributed by atoms with Crippen LogP contribution in [0.5, 0.6) is 11.5 Å². The molecule has 4 aromatic rings. The van der Waals surface area contributed by atoms with Gasteiger partial charge in [-0.1, -0.05) is 30.3 Å². The highest BCUT2D eigenvalue weighted by molar-refractivity contribution is 5.94. The van der Waals surface area contributed by atoms with Gasteiger partial charge in [-0.25, -0.2) is 9.07 Å². The predicted octanol–water partition coefficient (Wildman–Crippen LogP) is 4.95. The van der Waals surface area contributed by atoms with Crippen molar-refractivity contribution in [2.75, 3.05) is 6.79 Å². The van der Waals surface area contributed by atoms with E-state index >= 15 is 0 Å². The van der Waals surface area contributed by atoms with Crippen molar-refractivity contribution < 1.29 is 18.7 Å². The number of aryl methyl sites for hydroxylation is 2. The van der Waals surface area contributed by atoms with Crippen LogP contribution in [0.4, 0.5) is 4.39 Å². The molecule has 6 nitrogen and oxygen atoms in total. The summed E-state index contributed by atoms with van der Waals surface area (Å²) in [6, 6.07) is 19.5. The molecule has 0 saturated carbocycles. The summed E-state index contributed by atoms with van der Waals surface area (Å²) in [4.78, 5) is 13.3. The molecule has 0 radical (unpaired) electrons. The second-order valence-electron chi connectivity index (χ2n) is 7.97. The van der Waals surface area contributed by atoms with Crippen molar-refractivity contribution in [3.05, 3.63) is 94.9 Å². The van der Waals surface area contributed by atoms with Crippen molar-refractivity contribution in [3.63, 3.8) is 0 Å². The molecule has 0 saturated heterocycles. The molecule has 166 valence electrons. The van der Waals surface area contributed by atoms with Crippen LogP contribution >= 0.6 is 0 Å². The molecule has 0 bridgehead atoms. The van der Waals surface area contributed by atoms with Crippen LogP contribution in [0.3, 0.4) is 0 Å². The Bertz CT molecular complexity index is 1360. The van der Waals surface area contributed by atoms with Gasteiger partial charge in [0.05, 0.1) is 11.4 Å². The van der Waals surface area contributed by atoms with Gasteiger partial charge in [-0.2, -0.15) is 5.10 Å². The average molecular weight is 443 g/mol. The molecule has 33 heavy (non-hydrogen) atoms. The summed E-state index contributed by atoms with van der Waals surface area (Å²) >= 11 is 0. The lowest BCUT2D eigenvalue weighted by molar-refractivity contribution is 0.0943. The first-order chi connectivity index (χ1) is 16.0. The highest BCUT2D eigenvalue weighted by Crippen LogP contribution is 2.32. The van der Waals surface area contributed by atoms with E-state index in [9.17, 15) is 9.18 Å². The van der Waals surface area contributed by atoms with Crippen LogP contribution in [0.1, 0.15) is 27.2 Å². The van der Waals surface area contributed by atoms with Crippen molar-refractivity contribution in [2.24, 2.45) is 0 Å². The first kappa shape index (κ1) is 20.8. The number of ether oxygens (including phenoxy) is 2. The fraction of sp³-hybridized carbons (Fsp3) is 0.154. The highest BCUT2D eigenvalue weighted by atomic mass is 19.1. The number of amides is 1. The van der Waals surface area contributed by atoms with Crippen molar-refractivity contribution >= 4 is 5.91 Å². The van der Waals surface area contributed by atoms with Crippen molar-refractivity contribution in [1.82, 2.24) is 15.1 Å². The predicted molar refractivity (Wildman–Crippen MR) is 122 cm³/mol. The highest BCUT2D eigenvalue weighted by Gasteiger charge is 2.21. The molecule has 1 aliphatic rings. The van der Waals surface area contributed by atoms with E-state index in [1.807, 2.05) is 50.2 Å². The fourth-order valence-electron chi connectivity index (χ4n) is 3.80. The van der Waals surface area contributed by atoms with Crippen LogP contribution < -0.4 is 14.8 Å². The minimum Gasteiger partial charge on any atom is -0.454 e. The number of carbonyl (C=O) groups excluding carboxylic acids is 1. The Hall–Kier alpha value is -4.13. The molecular formula is C26H22FN3O3. The van der Waals surface area contributed by atoms with Crippen LogP contribution in [-0.4, -0.2) is 22.5 Å². The summed E-state index contributed by atoms with van der Waals surface area (Å²) < 4.78 is 26.8. The summed E-state index contributed by atoms with van der Waals surface area (Å²) in [5.74, 6) is 0.635. The number of rotatable bonds is 5. The van der Waals surface area contributed by atoms with Crippen molar-refractivity contribution in [2.45, 2.75) is 20.4 Å². The lowest BCUT2D eigenvalue weighted by Gasteiger charge is -2.12. The average Bonchev–Trinajstić information content (AvgIpc) is 3.46. The van der Waals surface area contributed by atoms with E-state index in [-0.39, 0.29) is 12.7 Å². The summed E-state index contributed by atoms with van der Waals surface area (Å²) in [5, 5.41) is 7.56. The quantitative estimate of drug-likeness (QED) is 0.474. The molecular weight excluding hydrogens is 421 g/mol. The third-order valence-corrected chi connectivity index (χ3v) is 5.57. The van der Waals surface area contributed by atoms with Crippen molar-refractivity contribution in [3.8, 4) is 28.4 Å². The second kappa shape index (κ2) is 8.43. The van der Waals surface area contributed by atoms with E-state index in [0.717, 1.165) is 22.4 Å². The van der Waals surface area contributed by atoms with Gasteiger partial charge >= 0.3 is 0 Å². The van der Waals surface area contributed by atoms with E-state index in [0.29, 0.717) is 35.0 Å². The number of halogens is 1. The third kappa shape index (κ3) is 4.05. The third-order valence-electron chi connectivity index (χ3n) is 5.57. The van der Waals surface area contributed by atoms with Gasteiger partial charge in [0.1, 0.15) is 11.5 Å². The number of benzene rings is 3. The number of hydrogen-bond acceptors (Lipinski definition) is 4.